The Balaban J connectivity index is 2.00. The first-order valence-electron chi connectivity index (χ1n) is 9.50. The van der Waals surface area contributed by atoms with E-state index >= 15 is 0 Å². The molecule has 7 heteroatoms. The molecule has 2 rings (SSSR count). The number of fused-ring (bicyclic) bond motifs is 1. The van der Waals surface area contributed by atoms with Crippen LogP contribution in [0.1, 0.15) is 57.0 Å². The topological polar surface area (TPSA) is 85.2 Å². The second-order valence-electron chi connectivity index (χ2n) is 8.32. The van der Waals surface area contributed by atoms with Crippen LogP contribution in [-0.2, 0) is 22.4 Å². The maximum atomic E-state index is 12.5. The van der Waals surface area contributed by atoms with Crippen LogP contribution in [0.15, 0.2) is 0 Å². The van der Waals surface area contributed by atoms with Crippen LogP contribution in [0.3, 0.4) is 0 Å². The third kappa shape index (κ3) is 6.05. The van der Waals surface area contributed by atoms with E-state index in [1.165, 1.54) is 16.2 Å². The van der Waals surface area contributed by atoms with Crippen molar-refractivity contribution in [3.05, 3.63) is 16.0 Å². The number of hydrogen-bond donors (Lipinski definition) is 2. The Morgan fingerprint density at radius 1 is 1.30 bits per heavy atom. The molecule has 1 aromatic heterocycles. The lowest BCUT2D eigenvalue weighted by Crippen LogP contribution is -2.47. The first-order valence-corrected chi connectivity index (χ1v) is 10.3. The second-order valence-corrected chi connectivity index (χ2v) is 9.42. The zero-order valence-corrected chi connectivity index (χ0v) is 17.8. The average molecular weight is 391 g/mol. The highest BCUT2D eigenvalue weighted by molar-refractivity contribution is 7.16. The van der Waals surface area contributed by atoms with Crippen molar-refractivity contribution < 1.29 is 9.59 Å². The number of anilines is 1. The predicted octanol–water partition coefficient (Wildman–Crippen LogP) is 2.92. The van der Waals surface area contributed by atoms with Gasteiger partial charge in [-0.25, -0.2) is 0 Å². The largest absolute Gasteiger partial charge is 0.350 e. The highest BCUT2D eigenvalue weighted by atomic mass is 32.1. The lowest BCUT2D eigenvalue weighted by Gasteiger charge is -2.24. The fourth-order valence-corrected chi connectivity index (χ4v) is 4.64. The Labute approximate surface area is 165 Å². The van der Waals surface area contributed by atoms with Gasteiger partial charge in [-0.3, -0.25) is 14.5 Å². The Bertz CT molecular complexity index is 742. The SMILES string of the molecule is CCN(CC(=O)Nc1sc2c(c1C#N)CC[C@H](C)C2)CC(=O)NC(C)(C)C. The van der Waals surface area contributed by atoms with Crippen molar-refractivity contribution in [1.29, 1.82) is 5.26 Å². The number of carbonyl (C=O) groups is 2. The molecule has 2 N–H and O–H groups in total. The maximum absolute atomic E-state index is 12.5. The molecule has 0 unspecified atom stereocenters. The minimum absolute atomic E-state index is 0.101. The number of thiophene rings is 1. The monoisotopic (exact) mass is 390 g/mol. The van der Waals surface area contributed by atoms with Crippen molar-refractivity contribution in [3.8, 4) is 6.07 Å². The first-order chi connectivity index (χ1) is 12.6. The molecule has 2 amide bonds. The molecule has 0 spiro atoms. The van der Waals surface area contributed by atoms with Crippen molar-refractivity contribution in [1.82, 2.24) is 10.2 Å². The molecule has 0 bridgehead atoms. The number of rotatable bonds is 6. The van der Waals surface area contributed by atoms with Gasteiger partial charge in [0.25, 0.3) is 0 Å². The molecular weight excluding hydrogens is 360 g/mol. The summed E-state index contributed by atoms with van der Waals surface area (Å²) >= 11 is 1.52. The number of nitriles is 1. The lowest BCUT2D eigenvalue weighted by atomic mass is 9.89. The van der Waals surface area contributed by atoms with Gasteiger partial charge in [0.15, 0.2) is 0 Å². The highest BCUT2D eigenvalue weighted by Gasteiger charge is 2.25. The molecule has 0 aromatic carbocycles. The van der Waals surface area contributed by atoms with Crippen molar-refractivity contribution in [3.63, 3.8) is 0 Å². The molecule has 1 aliphatic rings. The van der Waals surface area contributed by atoms with Gasteiger partial charge in [-0.2, -0.15) is 5.26 Å². The molecule has 0 fully saturated rings. The summed E-state index contributed by atoms with van der Waals surface area (Å²) in [6.07, 6.45) is 2.96. The normalized spacial score (nSPS) is 16.6. The summed E-state index contributed by atoms with van der Waals surface area (Å²) in [6.45, 7) is 10.8. The third-order valence-corrected chi connectivity index (χ3v) is 5.74. The molecule has 27 heavy (non-hydrogen) atoms. The Morgan fingerprint density at radius 2 is 1.96 bits per heavy atom. The molecule has 0 aliphatic heterocycles. The van der Waals surface area contributed by atoms with E-state index in [-0.39, 0.29) is 30.4 Å². The van der Waals surface area contributed by atoms with E-state index in [0.717, 1.165) is 24.8 Å². The molecule has 0 saturated heterocycles. The zero-order valence-electron chi connectivity index (χ0n) is 16.9. The summed E-state index contributed by atoms with van der Waals surface area (Å²) in [5.74, 6) is 0.321. The summed E-state index contributed by atoms with van der Waals surface area (Å²) in [5.41, 5.74) is 1.42. The molecule has 1 heterocycles. The second kappa shape index (κ2) is 8.85. The minimum Gasteiger partial charge on any atom is -0.350 e. The van der Waals surface area contributed by atoms with Crippen molar-refractivity contribution in [2.24, 2.45) is 5.92 Å². The summed E-state index contributed by atoms with van der Waals surface area (Å²) in [6, 6.07) is 2.27. The smallest absolute Gasteiger partial charge is 0.239 e. The van der Waals surface area contributed by atoms with Crippen LogP contribution in [0, 0.1) is 17.2 Å². The Morgan fingerprint density at radius 3 is 2.56 bits per heavy atom. The molecule has 1 aliphatic carbocycles. The summed E-state index contributed by atoms with van der Waals surface area (Å²) in [5, 5.41) is 16.0. The van der Waals surface area contributed by atoms with Crippen molar-refractivity contribution in [2.45, 2.75) is 59.4 Å². The van der Waals surface area contributed by atoms with Crippen molar-refractivity contribution >= 4 is 28.2 Å². The van der Waals surface area contributed by atoms with Crippen LogP contribution in [0.2, 0.25) is 0 Å². The predicted molar refractivity (Wildman–Crippen MR) is 109 cm³/mol. The van der Waals surface area contributed by atoms with Gasteiger partial charge in [0, 0.05) is 10.4 Å². The highest BCUT2D eigenvalue weighted by Crippen LogP contribution is 2.39. The Hall–Kier alpha value is -1.91. The number of amides is 2. The van der Waals surface area contributed by atoms with Crippen LogP contribution in [0.25, 0.3) is 0 Å². The molecule has 1 atom stereocenters. The quantitative estimate of drug-likeness (QED) is 0.782. The number of hydrogen-bond acceptors (Lipinski definition) is 5. The summed E-state index contributed by atoms with van der Waals surface area (Å²) < 4.78 is 0. The standard InChI is InChI=1S/C20H30N4O2S/c1-6-24(12-18(26)23-20(3,4)5)11-17(25)22-19-15(10-21)14-8-7-13(2)9-16(14)27-19/h13H,6-9,11-12H2,1-5H3,(H,22,25)(H,23,26)/t13-/m0/s1. The minimum atomic E-state index is -0.298. The van der Waals surface area contributed by atoms with E-state index in [1.807, 2.05) is 27.7 Å². The van der Waals surface area contributed by atoms with Crippen LogP contribution in [-0.4, -0.2) is 41.9 Å². The van der Waals surface area contributed by atoms with Gasteiger partial charge in [0.2, 0.25) is 11.8 Å². The molecule has 1 aromatic rings. The molecule has 0 radical (unpaired) electrons. The molecule has 6 nitrogen and oxygen atoms in total. The van der Waals surface area contributed by atoms with Gasteiger partial charge in [-0.15, -0.1) is 11.3 Å². The molecule has 148 valence electrons. The van der Waals surface area contributed by atoms with Crippen molar-refractivity contribution in [2.75, 3.05) is 25.0 Å². The van der Waals surface area contributed by atoms with Gasteiger partial charge < -0.3 is 10.6 Å². The average Bonchev–Trinajstić information content (AvgIpc) is 2.87. The van der Waals surface area contributed by atoms with Gasteiger partial charge in [0.1, 0.15) is 11.1 Å². The van der Waals surface area contributed by atoms with E-state index in [1.54, 1.807) is 4.90 Å². The number of carbonyl (C=O) groups excluding carboxylic acids is 2. The van der Waals surface area contributed by atoms with Crippen LogP contribution in [0.4, 0.5) is 5.00 Å². The molecule has 0 saturated carbocycles. The summed E-state index contributed by atoms with van der Waals surface area (Å²) in [4.78, 5) is 27.6. The van der Waals surface area contributed by atoms with E-state index in [4.69, 9.17) is 0 Å². The maximum Gasteiger partial charge on any atom is 0.239 e. The zero-order chi connectivity index (χ0) is 20.2. The van der Waals surface area contributed by atoms with Gasteiger partial charge >= 0.3 is 0 Å². The third-order valence-electron chi connectivity index (χ3n) is 4.57. The summed E-state index contributed by atoms with van der Waals surface area (Å²) in [7, 11) is 0. The van der Waals surface area contributed by atoms with E-state index in [2.05, 4.69) is 23.6 Å². The van der Waals surface area contributed by atoms with Crippen LogP contribution < -0.4 is 10.6 Å². The van der Waals surface area contributed by atoms with Gasteiger partial charge in [-0.05, 0) is 58.1 Å². The van der Waals surface area contributed by atoms with E-state index in [9.17, 15) is 14.9 Å². The molecular formula is C20H30N4O2S. The number of nitrogens with zero attached hydrogens (tertiary/aromatic N) is 2. The van der Waals surface area contributed by atoms with Crippen LogP contribution in [0.5, 0.6) is 0 Å². The number of nitrogens with one attached hydrogen (secondary N) is 2. The lowest BCUT2D eigenvalue weighted by molar-refractivity contribution is -0.124. The van der Waals surface area contributed by atoms with E-state index < -0.39 is 0 Å². The van der Waals surface area contributed by atoms with E-state index in [0.29, 0.717) is 23.0 Å². The van der Waals surface area contributed by atoms with Crippen LogP contribution >= 0.6 is 11.3 Å². The Kier molecular flexibility index (Phi) is 7.01. The fraction of sp³-hybridized carbons (Fsp3) is 0.650. The van der Waals surface area contributed by atoms with Gasteiger partial charge in [-0.1, -0.05) is 13.8 Å². The number of likely N-dealkylation sites (N-methyl/N-ethyl adjacent to an activating group) is 1. The first kappa shape index (κ1) is 21.4. The fourth-order valence-electron chi connectivity index (χ4n) is 3.27. The van der Waals surface area contributed by atoms with Gasteiger partial charge in [0.05, 0.1) is 18.7 Å².